The number of nitrogens with one attached hydrogen (secondary N) is 1. The zero-order chi connectivity index (χ0) is 10.6. The number of pyridine rings is 1. The van der Waals surface area contributed by atoms with Crippen molar-refractivity contribution >= 4 is 17.5 Å². The number of hydrogen-bond acceptors (Lipinski definition) is 2. The molecular weight excluding hydrogens is 200 g/mol. The molecule has 1 aromatic rings. The van der Waals surface area contributed by atoms with Crippen LogP contribution >= 0.6 is 11.6 Å². The molecule has 0 radical (unpaired) electrons. The number of nitrogens with zero attached hydrogens (tertiary/aromatic N) is 1. The van der Waals surface area contributed by atoms with Gasteiger partial charge in [0, 0.05) is 12.4 Å². The number of terminal acetylenes is 1. The molecule has 0 saturated heterocycles. The van der Waals surface area contributed by atoms with Gasteiger partial charge < -0.3 is 5.32 Å². The van der Waals surface area contributed by atoms with Crippen molar-refractivity contribution in [2.45, 2.75) is 13.0 Å². The van der Waals surface area contributed by atoms with Gasteiger partial charge in [0.2, 0.25) is 0 Å². The van der Waals surface area contributed by atoms with Gasteiger partial charge in [0.25, 0.3) is 5.91 Å². The molecule has 1 aromatic heterocycles. The van der Waals surface area contributed by atoms with Crippen molar-refractivity contribution < 1.29 is 4.79 Å². The predicted molar refractivity (Wildman–Crippen MR) is 55.0 cm³/mol. The zero-order valence-electron chi connectivity index (χ0n) is 7.62. The van der Waals surface area contributed by atoms with Crippen molar-refractivity contribution in [1.82, 2.24) is 10.3 Å². The summed E-state index contributed by atoms with van der Waals surface area (Å²) in [6, 6.07) is 1.23. The molecule has 1 heterocycles. The number of aromatic nitrogens is 1. The third-order valence-electron chi connectivity index (χ3n) is 1.56. The van der Waals surface area contributed by atoms with E-state index in [4.69, 9.17) is 18.0 Å². The smallest absolute Gasteiger partial charge is 0.253 e. The Labute approximate surface area is 87.5 Å². The van der Waals surface area contributed by atoms with Crippen LogP contribution in [0, 0.1) is 12.3 Å². The minimum absolute atomic E-state index is 0.273. The highest BCUT2D eigenvalue weighted by atomic mass is 35.5. The number of amides is 1. The van der Waals surface area contributed by atoms with Crippen LogP contribution in [0.3, 0.4) is 0 Å². The lowest BCUT2D eigenvalue weighted by Crippen LogP contribution is -2.31. The second kappa shape index (κ2) is 4.64. The van der Waals surface area contributed by atoms with E-state index in [1.807, 2.05) is 0 Å². The van der Waals surface area contributed by atoms with Crippen LogP contribution in [0.25, 0.3) is 0 Å². The maximum absolute atomic E-state index is 11.5. The van der Waals surface area contributed by atoms with E-state index in [0.717, 1.165) is 0 Å². The Kier molecular flexibility index (Phi) is 3.49. The first kappa shape index (κ1) is 10.6. The highest BCUT2D eigenvalue weighted by molar-refractivity contribution is 6.30. The van der Waals surface area contributed by atoms with E-state index < -0.39 is 0 Å². The molecule has 1 amide bonds. The quantitative estimate of drug-likeness (QED) is 0.749. The SMILES string of the molecule is C#CC(C)NC(=O)c1cncc(Cl)c1. The summed E-state index contributed by atoms with van der Waals surface area (Å²) < 4.78 is 0. The van der Waals surface area contributed by atoms with Crippen LogP contribution in [-0.2, 0) is 0 Å². The molecule has 1 rings (SSSR count). The van der Waals surface area contributed by atoms with Gasteiger partial charge in [-0.15, -0.1) is 6.42 Å². The summed E-state index contributed by atoms with van der Waals surface area (Å²) in [7, 11) is 0. The zero-order valence-corrected chi connectivity index (χ0v) is 8.38. The van der Waals surface area contributed by atoms with Crippen molar-refractivity contribution in [3.8, 4) is 12.3 Å². The maximum atomic E-state index is 11.5. The number of halogens is 1. The van der Waals surface area contributed by atoms with Gasteiger partial charge in [0.05, 0.1) is 16.6 Å². The average molecular weight is 209 g/mol. The Morgan fingerprint density at radius 3 is 3.00 bits per heavy atom. The number of rotatable bonds is 2. The fourth-order valence-electron chi connectivity index (χ4n) is 0.858. The van der Waals surface area contributed by atoms with Gasteiger partial charge >= 0.3 is 0 Å². The first-order valence-electron chi connectivity index (χ1n) is 4.01. The van der Waals surface area contributed by atoms with Crippen LogP contribution in [0.1, 0.15) is 17.3 Å². The van der Waals surface area contributed by atoms with Gasteiger partial charge in [-0.2, -0.15) is 0 Å². The van der Waals surface area contributed by atoms with Gasteiger partial charge in [0.15, 0.2) is 0 Å². The molecule has 0 aliphatic heterocycles. The van der Waals surface area contributed by atoms with E-state index in [1.54, 1.807) is 6.92 Å². The summed E-state index contributed by atoms with van der Waals surface area (Å²) in [5.74, 6) is 2.12. The lowest BCUT2D eigenvalue weighted by Gasteiger charge is -2.06. The molecule has 1 unspecified atom stereocenters. The van der Waals surface area contributed by atoms with Crippen molar-refractivity contribution in [2.24, 2.45) is 0 Å². The van der Waals surface area contributed by atoms with Crippen LogP contribution in [0.15, 0.2) is 18.5 Å². The molecule has 0 fully saturated rings. The lowest BCUT2D eigenvalue weighted by atomic mass is 10.2. The summed E-state index contributed by atoms with van der Waals surface area (Å²) in [6.07, 6.45) is 8.02. The van der Waals surface area contributed by atoms with Gasteiger partial charge in [-0.25, -0.2) is 0 Å². The van der Waals surface area contributed by atoms with Crippen LogP contribution < -0.4 is 5.32 Å². The largest absolute Gasteiger partial charge is 0.339 e. The Balaban J connectivity index is 2.76. The molecule has 0 aromatic carbocycles. The van der Waals surface area contributed by atoms with Gasteiger partial charge in [-0.05, 0) is 13.0 Å². The Morgan fingerprint density at radius 2 is 2.43 bits per heavy atom. The van der Waals surface area contributed by atoms with Crippen molar-refractivity contribution in [3.05, 3.63) is 29.0 Å². The van der Waals surface area contributed by atoms with E-state index in [-0.39, 0.29) is 11.9 Å². The molecule has 0 spiro atoms. The molecule has 0 aliphatic carbocycles. The predicted octanol–water partition coefficient (Wildman–Crippen LogP) is 1.49. The van der Waals surface area contributed by atoms with Gasteiger partial charge in [-0.1, -0.05) is 17.5 Å². The van der Waals surface area contributed by atoms with Crippen LogP contribution in [0.5, 0.6) is 0 Å². The second-order valence-corrected chi connectivity index (χ2v) is 3.19. The molecule has 0 saturated carbocycles. The monoisotopic (exact) mass is 208 g/mol. The molecular formula is C10H9ClN2O. The van der Waals surface area contributed by atoms with Crippen molar-refractivity contribution in [1.29, 1.82) is 0 Å². The first-order chi connectivity index (χ1) is 6.63. The van der Waals surface area contributed by atoms with Crippen LogP contribution in [0.4, 0.5) is 0 Å². The topological polar surface area (TPSA) is 42.0 Å². The number of carbonyl (C=O) groups is 1. The Hall–Kier alpha value is -1.53. The molecule has 14 heavy (non-hydrogen) atoms. The normalized spacial score (nSPS) is 11.5. The molecule has 0 aliphatic rings. The summed E-state index contributed by atoms with van der Waals surface area (Å²) in [6.45, 7) is 1.72. The van der Waals surface area contributed by atoms with E-state index in [0.29, 0.717) is 10.6 Å². The summed E-state index contributed by atoms with van der Waals surface area (Å²) in [5, 5.41) is 3.02. The highest BCUT2D eigenvalue weighted by Crippen LogP contribution is 2.08. The summed E-state index contributed by atoms with van der Waals surface area (Å²) in [4.78, 5) is 15.3. The van der Waals surface area contributed by atoms with Gasteiger partial charge in [-0.3, -0.25) is 9.78 Å². The van der Waals surface area contributed by atoms with E-state index in [1.165, 1.54) is 18.5 Å². The molecule has 1 atom stereocenters. The van der Waals surface area contributed by atoms with Crippen molar-refractivity contribution in [3.63, 3.8) is 0 Å². The lowest BCUT2D eigenvalue weighted by molar-refractivity contribution is 0.0948. The molecule has 4 heteroatoms. The molecule has 3 nitrogen and oxygen atoms in total. The standard InChI is InChI=1S/C10H9ClN2O/c1-3-7(2)13-10(14)8-4-9(11)6-12-5-8/h1,4-7H,2H3,(H,13,14). The van der Waals surface area contributed by atoms with Crippen LogP contribution in [0.2, 0.25) is 5.02 Å². The minimum Gasteiger partial charge on any atom is -0.339 e. The second-order valence-electron chi connectivity index (χ2n) is 2.75. The maximum Gasteiger partial charge on any atom is 0.253 e. The Morgan fingerprint density at radius 1 is 1.71 bits per heavy atom. The average Bonchev–Trinajstić information content (AvgIpc) is 2.17. The van der Waals surface area contributed by atoms with E-state index >= 15 is 0 Å². The first-order valence-corrected chi connectivity index (χ1v) is 4.39. The summed E-state index contributed by atoms with van der Waals surface area (Å²) >= 11 is 5.68. The fourth-order valence-corrected chi connectivity index (χ4v) is 1.03. The van der Waals surface area contributed by atoms with Crippen molar-refractivity contribution in [2.75, 3.05) is 0 Å². The van der Waals surface area contributed by atoms with Gasteiger partial charge in [0.1, 0.15) is 0 Å². The number of carbonyl (C=O) groups excluding carboxylic acids is 1. The number of hydrogen-bond donors (Lipinski definition) is 1. The van der Waals surface area contributed by atoms with E-state index in [9.17, 15) is 4.79 Å². The third-order valence-corrected chi connectivity index (χ3v) is 1.77. The molecule has 72 valence electrons. The minimum atomic E-state index is -0.304. The van der Waals surface area contributed by atoms with Crippen LogP contribution in [-0.4, -0.2) is 16.9 Å². The third kappa shape index (κ3) is 2.75. The Bertz CT molecular complexity index is 384. The fraction of sp³-hybridized carbons (Fsp3) is 0.200. The molecule has 0 bridgehead atoms. The highest BCUT2D eigenvalue weighted by Gasteiger charge is 2.08. The molecule has 1 N–H and O–H groups in total. The summed E-state index contributed by atoms with van der Waals surface area (Å²) in [5.41, 5.74) is 0.402. The van der Waals surface area contributed by atoms with E-state index in [2.05, 4.69) is 16.2 Å².